The van der Waals surface area contributed by atoms with Gasteiger partial charge in [0.1, 0.15) is 11.6 Å². The largest absolute Gasteiger partial charge is 0.357 e. The second-order valence-corrected chi connectivity index (χ2v) is 15.4. The number of piperazine rings is 1. The average molecular weight is 676 g/mol. The SMILES string of the molecule is c1ccc2c(N3CCN(CCCC4CCNCC4)CC3)nccc2c1.c1ccc2nc(N3CCC(CCCC4CCNCC4)CC3)ccc2c1. The zero-order chi connectivity index (χ0) is 33.8. The Balaban J connectivity index is 0.000000157. The Hall–Kier alpha value is -3.26. The summed E-state index contributed by atoms with van der Waals surface area (Å²) >= 11 is 0. The van der Waals surface area contributed by atoms with E-state index in [9.17, 15) is 0 Å². The van der Waals surface area contributed by atoms with Crippen LogP contribution in [0.3, 0.4) is 0 Å². The van der Waals surface area contributed by atoms with Gasteiger partial charge in [-0.25, -0.2) is 9.97 Å². The molecule has 2 N–H and O–H groups in total. The lowest BCUT2D eigenvalue weighted by Crippen LogP contribution is -2.47. The molecule has 4 fully saturated rings. The van der Waals surface area contributed by atoms with Gasteiger partial charge in [0, 0.05) is 56.2 Å². The fourth-order valence-electron chi connectivity index (χ4n) is 8.86. The van der Waals surface area contributed by atoms with Crippen LogP contribution in [0.4, 0.5) is 11.6 Å². The number of piperidine rings is 3. The monoisotopic (exact) mass is 675 g/mol. The molecule has 7 heteroatoms. The van der Waals surface area contributed by atoms with Gasteiger partial charge in [0.25, 0.3) is 0 Å². The minimum absolute atomic E-state index is 0.929. The quantitative estimate of drug-likeness (QED) is 0.178. The van der Waals surface area contributed by atoms with Crippen LogP contribution in [0.25, 0.3) is 21.7 Å². The first-order chi connectivity index (χ1) is 24.8. The number of pyridine rings is 2. The Morgan fingerprint density at radius 2 is 1.18 bits per heavy atom. The van der Waals surface area contributed by atoms with E-state index in [-0.39, 0.29) is 0 Å². The third-order valence-electron chi connectivity index (χ3n) is 12.1. The molecule has 0 atom stereocenters. The number of nitrogens with one attached hydrogen (secondary N) is 2. The van der Waals surface area contributed by atoms with Gasteiger partial charge < -0.3 is 20.4 Å². The maximum absolute atomic E-state index is 4.87. The molecule has 0 saturated carbocycles. The lowest BCUT2D eigenvalue weighted by atomic mass is 9.87. The summed E-state index contributed by atoms with van der Waals surface area (Å²) in [6.45, 7) is 13.0. The molecule has 4 aromatic rings. The van der Waals surface area contributed by atoms with Crippen molar-refractivity contribution in [3.63, 3.8) is 0 Å². The Bertz CT molecular complexity index is 1570. The lowest BCUT2D eigenvalue weighted by Gasteiger charge is -2.36. The number of nitrogens with zero attached hydrogens (tertiary/aromatic N) is 5. The minimum Gasteiger partial charge on any atom is -0.357 e. The number of anilines is 2. The predicted octanol–water partition coefficient (Wildman–Crippen LogP) is 7.76. The zero-order valence-electron chi connectivity index (χ0n) is 30.5. The Labute approximate surface area is 301 Å². The van der Waals surface area contributed by atoms with Gasteiger partial charge in [0.05, 0.1) is 5.52 Å². The Kier molecular flexibility index (Phi) is 12.9. The maximum atomic E-state index is 4.87. The van der Waals surface area contributed by atoms with Crippen molar-refractivity contribution < 1.29 is 0 Å². The number of hydrogen-bond acceptors (Lipinski definition) is 7. The van der Waals surface area contributed by atoms with Gasteiger partial charge in [-0.05, 0) is 131 Å². The molecule has 0 spiro atoms. The van der Waals surface area contributed by atoms with Gasteiger partial charge in [0.15, 0.2) is 0 Å². The van der Waals surface area contributed by atoms with E-state index in [0.717, 1.165) is 61.1 Å². The molecule has 8 rings (SSSR count). The van der Waals surface area contributed by atoms with Crippen molar-refractivity contribution >= 4 is 33.3 Å². The summed E-state index contributed by atoms with van der Waals surface area (Å²) in [6.07, 6.45) is 17.2. The van der Waals surface area contributed by atoms with Gasteiger partial charge >= 0.3 is 0 Å². The number of para-hydroxylation sites is 1. The molecule has 6 heterocycles. The van der Waals surface area contributed by atoms with Crippen LogP contribution < -0.4 is 20.4 Å². The summed E-state index contributed by atoms with van der Waals surface area (Å²) < 4.78 is 0. The van der Waals surface area contributed by atoms with E-state index in [4.69, 9.17) is 4.98 Å². The highest BCUT2D eigenvalue weighted by atomic mass is 15.3. The van der Waals surface area contributed by atoms with Crippen molar-refractivity contribution in [1.82, 2.24) is 25.5 Å². The van der Waals surface area contributed by atoms with E-state index in [1.165, 1.54) is 133 Å². The zero-order valence-corrected chi connectivity index (χ0v) is 30.5. The molecule has 2 aromatic heterocycles. The molecule has 0 bridgehead atoms. The smallest absolute Gasteiger partial charge is 0.136 e. The minimum atomic E-state index is 0.929. The summed E-state index contributed by atoms with van der Waals surface area (Å²) in [7, 11) is 0. The first-order valence-corrected chi connectivity index (χ1v) is 20.1. The molecule has 7 nitrogen and oxygen atoms in total. The van der Waals surface area contributed by atoms with Crippen molar-refractivity contribution in [2.45, 2.75) is 70.6 Å². The summed E-state index contributed by atoms with van der Waals surface area (Å²) in [5, 5.41) is 10.7. The fourth-order valence-corrected chi connectivity index (χ4v) is 8.86. The Morgan fingerprint density at radius 1 is 0.560 bits per heavy atom. The van der Waals surface area contributed by atoms with E-state index >= 15 is 0 Å². The summed E-state index contributed by atoms with van der Waals surface area (Å²) in [5.74, 6) is 5.20. The van der Waals surface area contributed by atoms with Crippen LogP contribution >= 0.6 is 0 Å². The highest BCUT2D eigenvalue weighted by Gasteiger charge is 2.22. The molecule has 0 radical (unpaired) electrons. The highest BCUT2D eigenvalue weighted by Crippen LogP contribution is 2.29. The van der Waals surface area contributed by atoms with Gasteiger partial charge in [-0.15, -0.1) is 0 Å². The molecule has 50 heavy (non-hydrogen) atoms. The number of aromatic nitrogens is 2. The normalized spacial score (nSPS) is 20.2. The van der Waals surface area contributed by atoms with Crippen LogP contribution in [0.15, 0.2) is 72.9 Å². The first-order valence-electron chi connectivity index (χ1n) is 20.1. The van der Waals surface area contributed by atoms with Gasteiger partial charge in [-0.2, -0.15) is 0 Å². The summed E-state index contributed by atoms with van der Waals surface area (Å²) in [4.78, 5) is 17.1. The molecule has 0 unspecified atom stereocenters. The standard InChI is InChI=1S/C22H31N3.C21H30N4/c1-2-7-21-20(6-1)8-9-22(24-21)25-16-12-19(13-17-25)5-3-4-18-10-14-23-15-11-18;1-2-6-20-19(5-1)9-12-23-21(20)25-16-14-24(15-17-25)13-3-4-18-7-10-22-11-8-18/h1-2,6-9,18-19,23H,3-5,10-17H2;1-2,5-6,9,12,18,22H,3-4,7-8,10-11,13-17H2. The van der Waals surface area contributed by atoms with E-state index in [1.54, 1.807) is 0 Å². The van der Waals surface area contributed by atoms with Crippen LogP contribution in [0.5, 0.6) is 0 Å². The highest BCUT2D eigenvalue weighted by molar-refractivity contribution is 5.92. The van der Waals surface area contributed by atoms with E-state index in [2.05, 4.69) is 97.0 Å². The number of benzene rings is 2. The van der Waals surface area contributed by atoms with E-state index < -0.39 is 0 Å². The van der Waals surface area contributed by atoms with Crippen molar-refractivity contribution in [2.75, 3.05) is 81.8 Å². The van der Waals surface area contributed by atoms with Gasteiger partial charge in [-0.3, -0.25) is 4.90 Å². The number of hydrogen-bond donors (Lipinski definition) is 2. The van der Waals surface area contributed by atoms with Crippen LogP contribution in [0.1, 0.15) is 70.6 Å². The van der Waals surface area contributed by atoms with Crippen molar-refractivity contribution in [2.24, 2.45) is 17.8 Å². The fraction of sp³-hybridized carbons (Fsp3) is 0.581. The van der Waals surface area contributed by atoms with E-state index in [1.807, 2.05) is 6.20 Å². The predicted molar refractivity (Wildman–Crippen MR) is 211 cm³/mol. The molecule has 0 aliphatic carbocycles. The molecular formula is C43H61N7. The van der Waals surface area contributed by atoms with Crippen LogP contribution in [-0.4, -0.2) is 86.9 Å². The number of rotatable bonds is 10. The molecular weight excluding hydrogens is 615 g/mol. The van der Waals surface area contributed by atoms with Crippen molar-refractivity contribution in [3.8, 4) is 0 Å². The molecule has 4 saturated heterocycles. The molecule has 0 amide bonds. The molecule has 2 aromatic carbocycles. The third kappa shape index (κ3) is 9.74. The topological polar surface area (TPSA) is 59.6 Å². The second-order valence-electron chi connectivity index (χ2n) is 15.4. The molecule has 4 aliphatic heterocycles. The Morgan fingerprint density at radius 3 is 1.90 bits per heavy atom. The number of fused-ring (bicyclic) bond motifs is 2. The van der Waals surface area contributed by atoms with Gasteiger partial charge in [-0.1, -0.05) is 61.7 Å². The molecule has 4 aliphatic rings. The van der Waals surface area contributed by atoms with E-state index in [0.29, 0.717) is 0 Å². The molecule has 268 valence electrons. The third-order valence-corrected chi connectivity index (χ3v) is 12.1. The first kappa shape index (κ1) is 35.2. The van der Waals surface area contributed by atoms with Crippen LogP contribution in [-0.2, 0) is 0 Å². The van der Waals surface area contributed by atoms with Crippen molar-refractivity contribution in [1.29, 1.82) is 0 Å². The van der Waals surface area contributed by atoms with Gasteiger partial charge in [0.2, 0.25) is 0 Å². The van der Waals surface area contributed by atoms with Crippen LogP contribution in [0.2, 0.25) is 0 Å². The average Bonchev–Trinajstić information content (AvgIpc) is 3.19. The lowest BCUT2D eigenvalue weighted by molar-refractivity contribution is 0.239. The second kappa shape index (κ2) is 18.3. The van der Waals surface area contributed by atoms with Crippen molar-refractivity contribution in [3.05, 3.63) is 72.9 Å². The van der Waals surface area contributed by atoms with Crippen LogP contribution in [0, 0.1) is 17.8 Å². The summed E-state index contributed by atoms with van der Waals surface area (Å²) in [5.41, 5.74) is 1.11. The summed E-state index contributed by atoms with van der Waals surface area (Å²) in [6, 6.07) is 23.5. The maximum Gasteiger partial charge on any atom is 0.136 e.